The van der Waals surface area contributed by atoms with Gasteiger partial charge in [-0.15, -0.1) is 0 Å². The molecule has 8 heteroatoms. The Morgan fingerprint density at radius 1 is 1.29 bits per heavy atom. The zero-order valence-electron chi connectivity index (χ0n) is 21.7. The fourth-order valence-electron chi connectivity index (χ4n) is 4.09. The number of hydrogen-bond donors (Lipinski definition) is 3. The summed E-state index contributed by atoms with van der Waals surface area (Å²) in [5, 5.41) is 21.5. The highest BCUT2D eigenvalue weighted by Crippen LogP contribution is 2.31. The number of aliphatic hydroxyl groups is 2. The predicted molar refractivity (Wildman–Crippen MR) is 134 cm³/mol. The molecule has 1 aromatic rings. The Labute approximate surface area is 207 Å². The fourth-order valence-corrected chi connectivity index (χ4v) is 4.09. The molecule has 1 aliphatic rings. The van der Waals surface area contributed by atoms with Crippen molar-refractivity contribution >= 4 is 17.8 Å². The average Bonchev–Trinajstić information content (AvgIpc) is 3.26. The van der Waals surface area contributed by atoms with E-state index < -0.39 is 35.6 Å². The third-order valence-corrected chi connectivity index (χ3v) is 6.75. The van der Waals surface area contributed by atoms with Crippen molar-refractivity contribution in [1.82, 2.24) is 4.98 Å². The summed E-state index contributed by atoms with van der Waals surface area (Å²) in [7, 11) is 0. The maximum absolute atomic E-state index is 13.1. The van der Waals surface area contributed by atoms with Gasteiger partial charge in [-0.25, -0.2) is 4.98 Å². The molecule has 35 heavy (non-hydrogen) atoms. The minimum absolute atomic E-state index is 0.182. The summed E-state index contributed by atoms with van der Waals surface area (Å²) in [6, 6.07) is 0. The number of carbonyl (C=O) groups is 2. The van der Waals surface area contributed by atoms with E-state index in [9.17, 15) is 19.8 Å². The molecule has 0 saturated carbocycles. The third kappa shape index (κ3) is 7.72. The van der Waals surface area contributed by atoms with Crippen LogP contribution < -0.4 is 5.73 Å². The molecule has 0 bridgehead atoms. The number of aliphatic hydroxyl groups excluding tert-OH is 2. The van der Waals surface area contributed by atoms with Crippen LogP contribution in [0.4, 0.5) is 0 Å². The van der Waals surface area contributed by atoms with E-state index in [1.54, 1.807) is 26.8 Å². The van der Waals surface area contributed by atoms with Crippen molar-refractivity contribution in [3.05, 3.63) is 47.2 Å². The number of oxazole rings is 1. The van der Waals surface area contributed by atoms with Gasteiger partial charge in [0.25, 0.3) is 0 Å². The van der Waals surface area contributed by atoms with Crippen molar-refractivity contribution in [1.29, 1.82) is 0 Å². The number of ketones is 1. The van der Waals surface area contributed by atoms with Gasteiger partial charge in [-0.05, 0) is 31.9 Å². The summed E-state index contributed by atoms with van der Waals surface area (Å²) in [6.45, 7) is 10.7. The van der Waals surface area contributed by atoms with Crippen LogP contribution in [-0.4, -0.2) is 45.3 Å². The molecular weight excluding hydrogens is 448 g/mol. The lowest BCUT2D eigenvalue weighted by Crippen LogP contribution is -2.45. The molecule has 1 aromatic heterocycles. The summed E-state index contributed by atoms with van der Waals surface area (Å²) in [5.74, 6) is -1.46. The van der Waals surface area contributed by atoms with Crippen molar-refractivity contribution in [3.63, 3.8) is 0 Å². The Morgan fingerprint density at radius 2 is 1.97 bits per heavy atom. The van der Waals surface area contributed by atoms with Crippen LogP contribution in [0.15, 0.2) is 40.1 Å². The van der Waals surface area contributed by atoms with Gasteiger partial charge in [0.05, 0.1) is 30.6 Å². The van der Waals surface area contributed by atoms with E-state index in [0.717, 1.165) is 11.1 Å². The molecule has 0 spiro atoms. The van der Waals surface area contributed by atoms with Gasteiger partial charge in [0, 0.05) is 18.3 Å². The standard InChI is InChI=1S/C27H40N2O6/c1-16-8-7-9-17(2)25(32)19(4)26(33)27(5,6)22(30)13-24(31)35-21(11-10-16)18(3)12-20-15-34-23(14-28)29-20/h7,9-10,12,15,17,19,21-22,25,30,32H,8,11,13-14,28H2,1-6H3/b9-7+,16-10-,18-12+/t17-,19+,21-,22-,25-/m0/s1. The largest absolute Gasteiger partial charge is 0.457 e. The molecular formula is C27H40N2O6. The minimum Gasteiger partial charge on any atom is -0.457 e. The van der Waals surface area contributed by atoms with Crippen molar-refractivity contribution < 1.29 is 29.0 Å². The second-order valence-corrected chi connectivity index (χ2v) is 10.1. The Morgan fingerprint density at radius 3 is 2.60 bits per heavy atom. The van der Waals surface area contributed by atoms with Gasteiger partial charge in [-0.2, -0.15) is 0 Å². The van der Waals surface area contributed by atoms with Crippen molar-refractivity contribution in [2.45, 2.75) is 85.7 Å². The second-order valence-electron chi connectivity index (χ2n) is 10.1. The zero-order valence-corrected chi connectivity index (χ0v) is 21.7. The molecule has 8 nitrogen and oxygen atoms in total. The molecule has 0 amide bonds. The molecule has 0 fully saturated rings. The van der Waals surface area contributed by atoms with Gasteiger partial charge in [0.15, 0.2) is 0 Å². The van der Waals surface area contributed by atoms with Crippen LogP contribution in [0.3, 0.4) is 0 Å². The van der Waals surface area contributed by atoms with E-state index >= 15 is 0 Å². The van der Waals surface area contributed by atoms with E-state index in [0.29, 0.717) is 24.4 Å². The number of Topliss-reactive ketones (excluding diaryl/α,β-unsaturated/α-hetero) is 1. The van der Waals surface area contributed by atoms with Crippen LogP contribution in [0.25, 0.3) is 6.08 Å². The van der Waals surface area contributed by atoms with Gasteiger partial charge in [0.1, 0.15) is 23.8 Å². The fraction of sp³-hybridized carbons (Fsp3) is 0.593. The molecule has 2 rings (SSSR count). The first-order chi connectivity index (χ1) is 16.4. The number of esters is 1. The monoisotopic (exact) mass is 488 g/mol. The Balaban J connectivity index is 2.37. The van der Waals surface area contributed by atoms with Crippen LogP contribution in [0, 0.1) is 17.3 Å². The van der Waals surface area contributed by atoms with Gasteiger partial charge < -0.3 is 25.1 Å². The molecule has 5 atom stereocenters. The molecule has 0 radical (unpaired) electrons. The number of nitrogens with two attached hydrogens (primary N) is 1. The number of carbonyl (C=O) groups excluding carboxylic acids is 2. The summed E-state index contributed by atoms with van der Waals surface area (Å²) in [6.07, 6.45) is 7.15. The second kappa shape index (κ2) is 12.4. The van der Waals surface area contributed by atoms with Crippen LogP contribution in [0.1, 0.15) is 72.4 Å². The first-order valence-electron chi connectivity index (χ1n) is 12.1. The maximum Gasteiger partial charge on any atom is 0.309 e. The first-order valence-corrected chi connectivity index (χ1v) is 12.1. The topological polar surface area (TPSA) is 136 Å². The molecule has 4 N–H and O–H groups in total. The van der Waals surface area contributed by atoms with Gasteiger partial charge in [0.2, 0.25) is 5.89 Å². The molecule has 0 saturated heterocycles. The smallest absolute Gasteiger partial charge is 0.309 e. The summed E-state index contributed by atoms with van der Waals surface area (Å²) in [5.41, 5.74) is 6.72. The van der Waals surface area contributed by atoms with Gasteiger partial charge >= 0.3 is 5.97 Å². The summed E-state index contributed by atoms with van der Waals surface area (Å²) < 4.78 is 11.0. The Bertz CT molecular complexity index is 974. The number of aromatic nitrogens is 1. The first kappa shape index (κ1) is 28.7. The lowest BCUT2D eigenvalue weighted by molar-refractivity contribution is -0.154. The van der Waals surface area contributed by atoms with E-state index in [4.69, 9.17) is 14.9 Å². The van der Waals surface area contributed by atoms with Crippen molar-refractivity contribution in [2.24, 2.45) is 23.0 Å². The number of rotatable bonds is 3. The van der Waals surface area contributed by atoms with Crippen molar-refractivity contribution in [2.75, 3.05) is 0 Å². The number of hydrogen-bond acceptors (Lipinski definition) is 8. The molecule has 0 unspecified atom stereocenters. The predicted octanol–water partition coefficient (Wildman–Crippen LogP) is 3.72. The van der Waals surface area contributed by atoms with E-state index in [2.05, 4.69) is 4.98 Å². The number of nitrogens with zero attached hydrogens (tertiary/aromatic N) is 1. The van der Waals surface area contributed by atoms with E-state index in [-0.39, 0.29) is 24.7 Å². The number of cyclic esters (lactones) is 1. The summed E-state index contributed by atoms with van der Waals surface area (Å²) in [4.78, 5) is 30.2. The molecule has 2 heterocycles. The lowest BCUT2D eigenvalue weighted by atomic mass is 9.73. The highest BCUT2D eigenvalue weighted by molar-refractivity contribution is 5.88. The molecule has 194 valence electrons. The van der Waals surface area contributed by atoms with E-state index in [1.807, 2.05) is 39.0 Å². The lowest BCUT2D eigenvalue weighted by Gasteiger charge is -2.34. The molecule has 1 aliphatic heterocycles. The summed E-state index contributed by atoms with van der Waals surface area (Å²) >= 11 is 0. The minimum atomic E-state index is -1.26. The van der Waals surface area contributed by atoms with E-state index in [1.165, 1.54) is 6.26 Å². The SMILES string of the molecule is C/C1=C/C[C@@H](/C(C)=C/c2coc(CN)n2)OC(=O)C[C@H](O)C(C)(C)C(=O)[C@H](C)[C@@H](O)[C@@H](C)/C=C/C1. The molecule has 0 aliphatic carbocycles. The maximum atomic E-state index is 13.1. The van der Waals surface area contributed by atoms with Crippen LogP contribution in [-0.2, 0) is 20.9 Å². The van der Waals surface area contributed by atoms with Gasteiger partial charge in [-0.1, -0.05) is 51.5 Å². The highest BCUT2D eigenvalue weighted by atomic mass is 16.5. The van der Waals surface area contributed by atoms with Gasteiger partial charge in [-0.3, -0.25) is 9.59 Å². The normalized spacial score (nSPS) is 32.0. The molecule has 0 aromatic carbocycles. The quantitative estimate of drug-likeness (QED) is 0.433. The average molecular weight is 489 g/mol. The Kier molecular flexibility index (Phi) is 10.2. The highest BCUT2D eigenvalue weighted by Gasteiger charge is 2.42. The van der Waals surface area contributed by atoms with Crippen LogP contribution >= 0.6 is 0 Å². The third-order valence-electron chi connectivity index (χ3n) is 6.75. The van der Waals surface area contributed by atoms with Crippen molar-refractivity contribution in [3.8, 4) is 0 Å². The van der Waals surface area contributed by atoms with Crippen LogP contribution in [0.5, 0.6) is 0 Å². The zero-order chi connectivity index (χ0) is 26.3. The van der Waals surface area contributed by atoms with Crippen LogP contribution in [0.2, 0.25) is 0 Å². The number of allylic oxidation sites excluding steroid dienone is 2. The number of ether oxygens (including phenoxy) is 1. The Hall–Kier alpha value is -2.55.